The maximum absolute atomic E-state index is 12.4. The minimum atomic E-state index is -0.355. The number of benzene rings is 2. The van der Waals surface area contributed by atoms with Gasteiger partial charge in [0.25, 0.3) is 5.91 Å². The van der Waals surface area contributed by atoms with E-state index in [1.54, 1.807) is 36.4 Å². The van der Waals surface area contributed by atoms with Gasteiger partial charge in [-0.25, -0.2) is 4.79 Å². The summed E-state index contributed by atoms with van der Waals surface area (Å²) in [6.07, 6.45) is 2.98. The van der Waals surface area contributed by atoms with Gasteiger partial charge >= 0.3 is 5.97 Å². The van der Waals surface area contributed by atoms with E-state index in [0.29, 0.717) is 23.4 Å². The van der Waals surface area contributed by atoms with Crippen molar-refractivity contribution in [2.24, 2.45) is 0 Å². The van der Waals surface area contributed by atoms with E-state index in [9.17, 15) is 9.59 Å². The number of hydrogen-bond donors (Lipinski definition) is 1. The van der Waals surface area contributed by atoms with Crippen molar-refractivity contribution in [3.8, 4) is 0 Å². The topological polar surface area (TPSA) is 68.5 Å². The lowest BCUT2D eigenvalue weighted by Gasteiger charge is -2.06. The van der Waals surface area contributed by atoms with Gasteiger partial charge < -0.3 is 14.5 Å². The third kappa shape index (κ3) is 4.98. The van der Waals surface area contributed by atoms with Crippen molar-refractivity contribution in [1.29, 1.82) is 0 Å². The second-order valence-electron chi connectivity index (χ2n) is 6.17. The molecule has 0 fully saturated rings. The highest BCUT2D eigenvalue weighted by Gasteiger charge is 2.13. The molecule has 0 saturated heterocycles. The number of halogens is 1. The van der Waals surface area contributed by atoms with Crippen LogP contribution in [0.5, 0.6) is 0 Å². The number of unbranched alkanes of at least 4 members (excludes halogenated alkanes) is 2. The van der Waals surface area contributed by atoms with E-state index in [-0.39, 0.29) is 17.6 Å². The zero-order chi connectivity index (χ0) is 19.2. The fourth-order valence-electron chi connectivity index (χ4n) is 2.61. The Morgan fingerprint density at radius 1 is 1.07 bits per heavy atom. The van der Waals surface area contributed by atoms with E-state index in [0.717, 1.165) is 29.1 Å². The number of anilines is 1. The lowest BCUT2D eigenvalue weighted by molar-refractivity contribution is 0.0498. The van der Waals surface area contributed by atoms with Crippen LogP contribution < -0.4 is 5.32 Å². The number of amides is 1. The highest BCUT2D eigenvalue weighted by Crippen LogP contribution is 2.24. The monoisotopic (exact) mass is 429 g/mol. The zero-order valence-electron chi connectivity index (χ0n) is 15.0. The third-order valence-electron chi connectivity index (χ3n) is 4.06. The Morgan fingerprint density at radius 3 is 2.59 bits per heavy atom. The van der Waals surface area contributed by atoms with Crippen LogP contribution in [-0.4, -0.2) is 18.5 Å². The number of carbonyl (C=O) groups excluding carboxylic acids is 2. The molecule has 0 aliphatic heterocycles. The van der Waals surface area contributed by atoms with Crippen molar-refractivity contribution < 1.29 is 18.7 Å². The predicted molar refractivity (Wildman–Crippen MR) is 108 cm³/mol. The lowest BCUT2D eigenvalue weighted by Crippen LogP contribution is -2.11. The summed E-state index contributed by atoms with van der Waals surface area (Å²) in [5, 5.41) is 3.61. The minimum absolute atomic E-state index is 0.225. The Kier molecular flexibility index (Phi) is 6.29. The van der Waals surface area contributed by atoms with Gasteiger partial charge in [-0.05, 0) is 55.0 Å². The Hall–Kier alpha value is -2.60. The minimum Gasteiger partial charge on any atom is -0.462 e. The molecule has 0 saturated carbocycles. The predicted octanol–water partition coefficient (Wildman–Crippen LogP) is 5.79. The Labute approximate surface area is 165 Å². The molecule has 3 aromatic rings. The van der Waals surface area contributed by atoms with E-state index >= 15 is 0 Å². The average molecular weight is 430 g/mol. The van der Waals surface area contributed by atoms with Crippen LogP contribution in [0, 0.1) is 0 Å². The quantitative estimate of drug-likeness (QED) is 0.380. The van der Waals surface area contributed by atoms with Gasteiger partial charge in [-0.1, -0.05) is 35.7 Å². The molecule has 27 heavy (non-hydrogen) atoms. The number of fused-ring (bicyclic) bond motifs is 1. The molecule has 0 spiro atoms. The van der Waals surface area contributed by atoms with E-state index < -0.39 is 0 Å². The number of ether oxygens (including phenoxy) is 1. The number of nitrogens with one attached hydrogen (secondary N) is 1. The first kappa shape index (κ1) is 19.2. The summed E-state index contributed by atoms with van der Waals surface area (Å²) in [6.45, 7) is 2.52. The number of carbonyl (C=O) groups is 2. The first-order chi connectivity index (χ1) is 13.1. The van der Waals surface area contributed by atoms with Gasteiger partial charge in [0.05, 0.1) is 12.2 Å². The number of hydrogen-bond acceptors (Lipinski definition) is 4. The van der Waals surface area contributed by atoms with Gasteiger partial charge in [-0.2, -0.15) is 0 Å². The van der Waals surface area contributed by atoms with Gasteiger partial charge in [0.15, 0.2) is 5.76 Å². The normalized spacial score (nSPS) is 10.7. The summed E-state index contributed by atoms with van der Waals surface area (Å²) in [6, 6.07) is 13.8. The molecule has 0 unspecified atom stereocenters. The largest absolute Gasteiger partial charge is 0.462 e. The molecule has 2 aromatic carbocycles. The van der Waals surface area contributed by atoms with Gasteiger partial charge in [0, 0.05) is 15.5 Å². The van der Waals surface area contributed by atoms with E-state index in [1.165, 1.54) is 0 Å². The van der Waals surface area contributed by atoms with Crippen LogP contribution in [0.2, 0.25) is 0 Å². The highest BCUT2D eigenvalue weighted by molar-refractivity contribution is 9.10. The number of rotatable bonds is 7. The molecular weight excluding hydrogens is 410 g/mol. The Balaban J connectivity index is 1.61. The Bertz CT molecular complexity index is 946. The summed E-state index contributed by atoms with van der Waals surface area (Å²) in [4.78, 5) is 24.3. The van der Waals surface area contributed by atoms with Gasteiger partial charge in [0.2, 0.25) is 0 Å². The molecule has 1 aromatic heterocycles. The summed E-state index contributed by atoms with van der Waals surface area (Å²) >= 11 is 3.39. The fourth-order valence-corrected chi connectivity index (χ4v) is 2.99. The van der Waals surface area contributed by atoms with Crippen molar-refractivity contribution in [3.05, 3.63) is 64.3 Å². The van der Waals surface area contributed by atoms with Crippen LogP contribution in [0.15, 0.2) is 57.4 Å². The molecule has 5 nitrogen and oxygen atoms in total. The zero-order valence-corrected chi connectivity index (χ0v) is 16.5. The molecule has 0 aliphatic rings. The highest BCUT2D eigenvalue weighted by atomic mass is 79.9. The molecule has 0 bridgehead atoms. The van der Waals surface area contributed by atoms with Crippen molar-refractivity contribution in [1.82, 2.24) is 0 Å². The van der Waals surface area contributed by atoms with Crippen LogP contribution in [0.3, 0.4) is 0 Å². The Morgan fingerprint density at radius 2 is 1.85 bits per heavy atom. The standard InChI is InChI=1S/C21H20BrNO4/c1-2-3-4-11-26-21(25)14-5-8-17(9-6-14)23-20(24)19-13-15-12-16(22)7-10-18(15)27-19/h5-10,12-13H,2-4,11H2,1H3,(H,23,24). The van der Waals surface area contributed by atoms with Crippen molar-refractivity contribution >= 4 is 44.5 Å². The van der Waals surface area contributed by atoms with Crippen molar-refractivity contribution in [3.63, 3.8) is 0 Å². The van der Waals surface area contributed by atoms with Crippen LogP contribution in [0.4, 0.5) is 5.69 Å². The second-order valence-corrected chi connectivity index (χ2v) is 7.08. The summed E-state index contributed by atoms with van der Waals surface area (Å²) in [5.74, 6) is -0.480. The third-order valence-corrected chi connectivity index (χ3v) is 4.55. The first-order valence-corrected chi connectivity index (χ1v) is 9.64. The molecule has 1 N–H and O–H groups in total. The number of esters is 1. The SMILES string of the molecule is CCCCCOC(=O)c1ccc(NC(=O)c2cc3cc(Br)ccc3o2)cc1. The summed E-state index contributed by atoms with van der Waals surface area (Å²) < 4.78 is 11.7. The van der Waals surface area contributed by atoms with Crippen LogP contribution >= 0.6 is 15.9 Å². The smallest absolute Gasteiger partial charge is 0.338 e. The molecular formula is C21H20BrNO4. The maximum atomic E-state index is 12.4. The lowest BCUT2D eigenvalue weighted by atomic mass is 10.2. The van der Waals surface area contributed by atoms with Gasteiger partial charge in [0.1, 0.15) is 5.58 Å². The molecule has 0 radical (unpaired) electrons. The van der Waals surface area contributed by atoms with Crippen LogP contribution in [0.1, 0.15) is 47.1 Å². The second kappa shape index (κ2) is 8.86. The molecule has 140 valence electrons. The van der Waals surface area contributed by atoms with Gasteiger partial charge in [-0.15, -0.1) is 0 Å². The summed E-state index contributed by atoms with van der Waals surface area (Å²) in [5.41, 5.74) is 1.67. The summed E-state index contributed by atoms with van der Waals surface area (Å²) in [7, 11) is 0. The number of furan rings is 1. The molecule has 0 atom stereocenters. The molecule has 1 amide bonds. The van der Waals surface area contributed by atoms with E-state index in [1.807, 2.05) is 12.1 Å². The molecule has 0 aliphatic carbocycles. The van der Waals surface area contributed by atoms with Crippen molar-refractivity contribution in [2.75, 3.05) is 11.9 Å². The fraction of sp³-hybridized carbons (Fsp3) is 0.238. The maximum Gasteiger partial charge on any atom is 0.338 e. The van der Waals surface area contributed by atoms with Crippen molar-refractivity contribution in [2.45, 2.75) is 26.2 Å². The average Bonchev–Trinajstić information content (AvgIpc) is 3.09. The first-order valence-electron chi connectivity index (χ1n) is 8.84. The van der Waals surface area contributed by atoms with E-state index in [4.69, 9.17) is 9.15 Å². The van der Waals surface area contributed by atoms with E-state index in [2.05, 4.69) is 28.2 Å². The molecule has 1 heterocycles. The van der Waals surface area contributed by atoms with Crippen LogP contribution in [0.25, 0.3) is 11.0 Å². The molecule has 3 rings (SSSR count). The van der Waals surface area contributed by atoms with Crippen LogP contribution in [-0.2, 0) is 4.74 Å². The molecule has 6 heteroatoms. The van der Waals surface area contributed by atoms with Gasteiger partial charge in [-0.3, -0.25) is 4.79 Å².